The van der Waals surface area contributed by atoms with Gasteiger partial charge in [-0.05, 0) is 24.1 Å². The molecule has 0 spiro atoms. The molecule has 2 aromatic rings. The Morgan fingerprint density at radius 2 is 2.11 bits per heavy atom. The van der Waals surface area contributed by atoms with Crippen molar-refractivity contribution < 1.29 is 4.79 Å². The Kier molecular flexibility index (Phi) is 3.79. The molecule has 3 N–H and O–H groups in total. The van der Waals surface area contributed by atoms with Gasteiger partial charge in [0.15, 0.2) is 0 Å². The van der Waals surface area contributed by atoms with E-state index in [2.05, 4.69) is 15.4 Å². The minimum absolute atomic E-state index is 0.219. The van der Waals surface area contributed by atoms with Crippen molar-refractivity contribution in [2.45, 2.75) is 19.9 Å². The lowest BCUT2D eigenvalue weighted by Gasteiger charge is -2.06. The molecule has 0 fully saturated rings. The summed E-state index contributed by atoms with van der Waals surface area (Å²) in [6, 6.07) is 3.70. The summed E-state index contributed by atoms with van der Waals surface area (Å²) in [4.78, 5) is 16.0. The van der Waals surface area contributed by atoms with Gasteiger partial charge in [0.2, 0.25) is 0 Å². The topological polar surface area (TPSA) is 85.8 Å². The van der Waals surface area contributed by atoms with Crippen molar-refractivity contribution in [1.82, 2.24) is 20.1 Å². The van der Waals surface area contributed by atoms with E-state index in [-0.39, 0.29) is 5.91 Å². The fourth-order valence-corrected chi connectivity index (χ4v) is 1.89. The van der Waals surface area contributed by atoms with Crippen molar-refractivity contribution in [2.75, 3.05) is 5.73 Å². The molecule has 6 heteroatoms. The third kappa shape index (κ3) is 2.73. The van der Waals surface area contributed by atoms with E-state index in [1.807, 2.05) is 19.1 Å². The highest BCUT2D eigenvalue weighted by molar-refractivity contribution is 5.97. The summed E-state index contributed by atoms with van der Waals surface area (Å²) >= 11 is 0. The number of anilines is 1. The first kappa shape index (κ1) is 13.1. The van der Waals surface area contributed by atoms with Gasteiger partial charge in [-0.3, -0.25) is 14.5 Å². The van der Waals surface area contributed by atoms with Crippen LogP contribution in [0.4, 0.5) is 5.69 Å². The van der Waals surface area contributed by atoms with Gasteiger partial charge < -0.3 is 11.1 Å². The van der Waals surface area contributed by atoms with E-state index >= 15 is 0 Å². The molecule has 19 heavy (non-hydrogen) atoms. The molecule has 0 aliphatic carbocycles. The number of nitrogens with zero attached hydrogens (tertiary/aromatic N) is 3. The molecule has 0 saturated carbocycles. The standard InChI is InChI=1S/C13H17N5O/c1-3-10-11(14)12(18(2)17-10)13(19)16-8-9-4-6-15-7-5-9/h4-7H,3,8,14H2,1-2H3,(H,16,19). The number of carbonyl (C=O) groups excluding carboxylic acids is 1. The Morgan fingerprint density at radius 3 is 2.68 bits per heavy atom. The molecule has 0 aliphatic heterocycles. The Balaban J connectivity index is 2.10. The zero-order valence-electron chi connectivity index (χ0n) is 11.1. The number of hydrogen-bond donors (Lipinski definition) is 2. The molecule has 0 aromatic carbocycles. The fourth-order valence-electron chi connectivity index (χ4n) is 1.89. The Morgan fingerprint density at radius 1 is 1.42 bits per heavy atom. The van der Waals surface area contributed by atoms with E-state index in [9.17, 15) is 4.79 Å². The number of rotatable bonds is 4. The van der Waals surface area contributed by atoms with Crippen LogP contribution in [0.2, 0.25) is 0 Å². The van der Waals surface area contributed by atoms with Crippen LogP contribution in [0.1, 0.15) is 28.7 Å². The predicted octanol–water partition coefficient (Wildman–Crippen LogP) is 0.890. The van der Waals surface area contributed by atoms with Crippen LogP contribution in [0.25, 0.3) is 0 Å². The normalized spacial score (nSPS) is 10.4. The molecule has 2 rings (SSSR count). The molecule has 0 saturated heterocycles. The molecule has 1 amide bonds. The van der Waals surface area contributed by atoms with E-state index in [1.165, 1.54) is 4.68 Å². The molecule has 2 aromatic heterocycles. The Hall–Kier alpha value is -2.37. The summed E-state index contributed by atoms with van der Waals surface area (Å²) < 4.78 is 1.52. The molecule has 0 aliphatic rings. The Bertz CT molecular complexity index is 576. The van der Waals surface area contributed by atoms with Gasteiger partial charge in [0.25, 0.3) is 5.91 Å². The van der Waals surface area contributed by atoms with Crippen molar-refractivity contribution in [3.63, 3.8) is 0 Å². The second-order valence-electron chi connectivity index (χ2n) is 4.22. The molecule has 0 atom stereocenters. The van der Waals surface area contributed by atoms with Crippen molar-refractivity contribution in [3.05, 3.63) is 41.5 Å². The first-order chi connectivity index (χ1) is 9.13. The highest BCUT2D eigenvalue weighted by atomic mass is 16.2. The van der Waals surface area contributed by atoms with Crippen LogP contribution >= 0.6 is 0 Å². The number of carbonyl (C=O) groups is 1. The van der Waals surface area contributed by atoms with Crippen LogP contribution in [0.3, 0.4) is 0 Å². The van der Waals surface area contributed by atoms with Crippen LogP contribution in [0.5, 0.6) is 0 Å². The van der Waals surface area contributed by atoms with Crippen LogP contribution in [0, 0.1) is 0 Å². The zero-order chi connectivity index (χ0) is 13.8. The molecule has 2 heterocycles. The number of pyridine rings is 1. The lowest BCUT2D eigenvalue weighted by molar-refractivity contribution is 0.0942. The fraction of sp³-hybridized carbons (Fsp3) is 0.308. The summed E-state index contributed by atoms with van der Waals surface area (Å²) in [7, 11) is 1.72. The second kappa shape index (κ2) is 5.51. The number of amides is 1. The number of nitrogen functional groups attached to an aromatic ring is 1. The summed E-state index contributed by atoms with van der Waals surface area (Å²) in [6.07, 6.45) is 4.08. The number of nitrogens with one attached hydrogen (secondary N) is 1. The van der Waals surface area contributed by atoms with Crippen LogP contribution in [-0.4, -0.2) is 20.7 Å². The summed E-state index contributed by atoms with van der Waals surface area (Å²) in [5, 5.41) is 7.05. The highest BCUT2D eigenvalue weighted by Crippen LogP contribution is 2.16. The van der Waals surface area contributed by atoms with Crippen LogP contribution in [-0.2, 0) is 20.0 Å². The maximum absolute atomic E-state index is 12.1. The van der Waals surface area contributed by atoms with Gasteiger partial charge in [-0.25, -0.2) is 0 Å². The van der Waals surface area contributed by atoms with Crippen molar-refractivity contribution >= 4 is 11.6 Å². The van der Waals surface area contributed by atoms with Gasteiger partial charge in [0, 0.05) is 26.0 Å². The highest BCUT2D eigenvalue weighted by Gasteiger charge is 2.18. The lowest BCUT2D eigenvalue weighted by Crippen LogP contribution is -2.26. The summed E-state index contributed by atoms with van der Waals surface area (Å²) in [5.74, 6) is -0.219. The summed E-state index contributed by atoms with van der Waals surface area (Å²) in [6.45, 7) is 2.39. The third-order valence-electron chi connectivity index (χ3n) is 2.91. The average molecular weight is 259 g/mol. The summed E-state index contributed by atoms with van der Waals surface area (Å²) in [5.41, 5.74) is 8.53. The minimum atomic E-state index is -0.219. The predicted molar refractivity (Wildman–Crippen MR) is 72.4 cm³/mol. The number of aromatic nitrogens is 3. The second-order valence-corrected chi connectivity index (χ2v) is 4.22. The van der Waals surface area contributed by atoms with Crippen LogP contribution in [0.15, 0.2) is 24.5 Å². The Labute approximate surface area is 111 Å². The number of aryl methyl sites for hydroxylation is 2. The van der Waals surface area contributed by atoms with E-state index in [1.54, 1.807) is 19.4 Å². The van der Waals surface area contributed by atoms with Gasteiger partial charge in [-0.2, -0.15) is 5.10 Å². The van der Waals surface area contributed by atoms with E-state index < -0.39 is 0 Å². The maximum atomic E-state index is 12.1. The largest absolute Gasteiger partial charge is 0.395 e. The number of hydrogen-bond acceptors (Lipinski definition) is 4. The average Bonchev–Trinajstić information content (AvgIpc) is 2.72. The zero-order valence-corrected chi connectivity index (χ0v) is 11.1. The molecule has 6 nitrogen and oxygen atoms in total. The van der Waals surface area contributed by atoms with Crippen molar-refractivity contribution in [1.29, 1.82) is 0 Å². The SMILES string of the molecule is CCc1nn(C)c(C(=O)NCc2ccncc2)c1N. The molecule has 0 radical (unpaired) electrons. The monoisotopic (exact) mass is 259 g/mol. The molecule has 0 unspecified atom stereocenters. The van der Waals surface area contributed by atoms with Crippen molar-refractivity contribution in [3.8, 4) is 0 Å². The van der Waals surface area contributed by atoms with Gasteiger partial charge in [0.1, 0.15) is 5.69 Å². The third-order valence-corrected chi connectivity index (χ3v) is 2.91. The van der Waals surface area contributed by atoms with Gasteiger partial charge >= 0.3 is 0 Å². The van der Waals surface area contributed by atoms with E-state index in [0.29, 0.717) is 24.3 Å². The van der Waals surface area contributed by atoms with Gasteiger partial charge in [-0.1, -0.05) is 6.92 Å². The molecule has 0 bridgehead atoms. The lowest BCUT2D eigenvalue weighted by atomic mass is 10.2. The van der Waals surface area contributed by atoms with Crippen LogP contribution < -0.4 is 11.1 Å². The minimum Gasteiger partial charge on any atom is -0.395 e. The van der Waals surface area contributed by atoms with E-state index in [0.717, 1.165) is 11.3 Å². The van der Waals surface area contributed by atoms with Gasteiger partial charge in [0.05, 0.1) is 11.4 Å². The van der Waals surface area contributed by atoms with Crippen molar-refractivity contribution in [2.24, 2.45) is 7.05 Å². The molecular formula is C13H17N5O. The maximum Gasteiger partial charge on any atom is 0.271 e. The quantitative estimate of drug-likeness (QED) is 0.853. The van der Waals surface area contributed by atoms with E-state index in [4.69, 9.17) is 5.73 Å². The number of nitrogens with two attached hydrogens (primary N) is 1. The first-order valence-corrected chi connectivity index (χ1v) is 6.12. The first-order valence-electron chi connectivity index (χ1n) is 6.12. The molecule has 100 valence electrons. The molecular weight excluding hydrogens is 242 g/mol. The van der Waals surface area contributed by atoms with Gasteiger partial charge in [-0.15, -0.1) is 0 Å². The smallest absolute Gasteiger partial charge is 0.271 e.